The summed E-state index contributed by atoms with van der Waals surface area (Å²) in [6.07, 6.45) is 3.54. The Balaban J connectivity index is 1.97. The Hall–Kier alpha value is -0.180. The molecule has 76 valence electrons. The molecule has 0 heterocycles. The van der Waals surface area contributed by atoms with Crippen LogP contribution in [0, 0.1) is 0 Å². The van der Waals surface area contributed by atoms with E-state index in [1.165, 1.54) is 11.3 Å². The molecule has 1 aromatic carbocycles. The van der Waals surface area contributed by atoms with Crippen molar-refractivity contribution in [1.82, 2.24) is 0 Å². The summed E-state index contributed by atoms with van der Waals surface area (Å²) in [5, 5.41) is 1.50. The van der Waals surface area contributed by atoms with Crippen molar-refractivity contribution in [2.75, 3.05) is 0 Å². The van der Waals surface area contributed by atoms with Gasteiger partial charge >= 0.3 is 0 Å². The van der Waals surface area contributed by atoms with Gasteiger partial charge in [0.15, 0.2) is 0 Å². The van der Waals surface area contributed by atoms with Crippen molar-refractivity contribution in [1.29, 1.82) is 0 Å². The van der Waals surface area contributed by atoms with Gasteiger partial charge < -0.3 is 5.73 Å². The predicted octanol–water partition coefficient (Wildman–Crippen LogP) is 3.31. The summed E-state index contributed by atoms with van der Waals surface area (Å²) in [6.45, 7) is 0. The molecule has 1 aliphatic carbocycles. The van der Waals surface area contributed by atoms with Crippen LogP contribution in [0.15, 0.2) is 29.2 Å². The summed E-state index contributed by atoms with van der Waals surface area (Å²) >= 11 is 7.83. The molecular formula is C11H14ClNS. The molecule has 0 bridgehead atoms. The molecule has 0 radical (unpaired) electrons. The third-order valence-corrected chi connectivity index (χ3v) is 4.05. The smallest absolute Gasteiger partial charge is 0.0417 e. The molecule has 2 atom stereocenters. The Bertz CT molecular complexity index is 316. The first-order valence-corrected chi connectivity index (χ1v) is 6.17. The van der Waals surface area contributed by atoms with Crippen molar-refractivity contribution in [2.45, 2.75) is 35.4 Å². The average molecular weight is 228 g/mol. The van der Waals surface area contributed by atoms with E-state index in [0.717, 1.165) is 17.9 Å². The normalized spacial score (nSPS) is 26.7. The Kier molecular flexibility index (Phi) is 3.37. The highest BCUT2D eigenvalue weighted by atomic mass is 35.5. The predicted molar refractivity (Wildman–Crippen MR) is 62.9 cm³/mol. The summed E-state index contributed by atoms with van der Waals surface area (Å²) in [4.78, 5) is 1.26. The summed E-state index contributed by atoms with van der Waals surface area (Å²) in [5.74, 6) is 0. The quantitative estimate of drug-likeness (QED) is 0.839. The fraction of sp³-hybridized carbons (Fsp3) is 0.455. The lowest BCUT2D eigenvalue weighted by Crippen LogP contribution is -2.15. The van der Waals surface area contributed by atoms with Gasteiger partial charge in [-0.25, -0.2) is 0 Å². The highest BCUT2D eigenvalue weighted by Crippen LogP contribution is 2.34. The Morgan fingerprint density at radius 3 is 2.86 bits per heavy atom. The molecule has 14 heavy (non-hydrogen) atoms. The van der Waals surface area contributed by atoms with E-state index in [0.29, 0.717) is 11.3 Å². The first-order valence-electron chi connectivity index (χ1n) is 4.92. The lowest BCUT2D eigenvalue weighted by Gasteiger charge is -2.08. The van der Waals surface area contributed by atoms with E-state index in [1.54, 1.807) is 0 Å². The highest BCUT2D eigenvalue weighted by molar-refractivity contribution is 8.00. The van der Waals surface area contributed by atoms with Crippen molar-refractivity contribution in [3.05, 3.63) is 29.3 Å². The number of thioether (sulfide) groups is 1. The van der Waals surface area contributed by atoms with Gasteiger partial charge in [-0.05, 0) is 37.5 Å². The minimum absolute atomic E-state index is 0.409. The Labute approximate surface area is 94.0 Å². The van der Waals surface area contributed by atoms with Crippen molar-refractivity contribution in [3.8, 4) is 0 Å². The molecule has 0 saturated heterocycles. The van der Waals surface area contributed by atoms with Crippen molar-refractivity contribution < 1.29 is 0 Å². The zero-order chi connectivity index (χ0) is 9.97. The van der Waals surface area contributed by atoms with Crippen LogP contribution in [0.1, 0.15) is 19.3 Å². The maximum absolute atomic E-state index is 5.92. The van der Waals surface area contributed by atoms with Gasteiger partial charge in [-0.1, -0.05) is 17.7 Å². The first-order chi connectivity index (χ1) is 6.74. The molecule has 0 aliphatic heterocycles. The van der Waals surface area contributed by atoms with E-state index < -0.39 is 0 Å². The van der Waals surface area contributed by atoms with Gasteiger partial charge in [-0.3, -0.25) is 0 Å². The van der Waals surface area contributed by atoms with E-state index in [4.69, 9.17) is 17.3 Å². The summed E-state index contributed by atoms with van der Waals surface area (Å²) < 4.78 is 0. The molecule has 1 aromatic rings. The third kappa shape index (κ3) is 2.66. The van der Waals surface area contributed by atoms with Crippen LogP contribution in [0.4, 0.5) is 0 Å². The molecular weight excluding hydrogens is 214 g/mol. The van der Waals surface area contributed by atoms with Crippen molar-refractivity contribution in [3.63, 3.8) is 0 Å². The molecule has 0 spiro atoms. The number of rotatable bonds is 2. The lowest BCUT2D eigenvalue weighted by molar-refractivity contribution is 0.706. The van der Waals surface area contributed by atoms with E-state index >= 15 is 0 Å². The van der Waals surface area contributed by atoms with E-state index in [1.807, 2.05) is 30.0 Å². The van der Waals surface area contributed by atoms with Crippen LogP contribution >= 0.6 is 23.4 Å². The zero-order valence-corrected chi connectivity index (χ0v) is 9.52. The van der Waals surface area contributed by atoms with Crippen LogP contribution in [0.25, 0.3) is 0 Å². The fourth-order valence-electron chi connectivity index (χ4n) is 1.81. The number of halogens is 1. The highest BCUT2D eigenvalue weighted by Gasteiger charge is 2.22. The molecule has 2 N–H and O–H groups in total. The molecule has 0 aromatic heterocycles. The van der Waals surface area contributed by atoms with Crippen molar-refractivity contribution >= 4 is 23.4 Å². The zero-order valence-electron chi connectivity index (χ0n) is 7.95. The standard InChI is InChI=1S/C11H14ClNS/c12-8-2-1-3-10(6-8)14-11-5-4-9(13)7-11/h1-3,6,9,11H,4-5,7,13H2. The number of hydrogen-bond acceptors (Lipinski definition) is 2. The van der Waals surface area contributed by atoms with Gasteiger partial charge in [0, 0.05) is 21.2 Å². The van der Waals surface area contributed by atoms with Gasteiger partial charge in [0.25, 0.3) is 0 Å². The lowest BCUT2D eigenvalue weighted by atomic mass is 10.3. The van der Waals surface area contributed by atoms with Gasteiger partial charge in [0.2, 0.25) is 0 Å². The van der Waals surface area contributed by atoms with E-state index in [-0.39, 0.29) is 0 Å². The van der Waals surface area contributed by atoms with Gasteiger partial charge in [-0.15, -0.1) is 11.8 Å². The molecule has 2 unspecified atom stereocenters. The maximum atomic E-state index is 5.92. The SMILES string of the molecule is NC1CCC(Sc2cccc(Cl)c2)C1. The molecule has 1 aliphatic rings. The minimum atomic E-state index is 0.409. The largest absolute Gasteiger partial charge is 0.328 e. The molecule has 0 amide bonds. The van der Waals surface area contributed by atoms with Gasteiger partial charge in [0.1, 0.15) is 0 Å². The van der Waals surface area contributed by atoms with Crippen LogP contribution in [-0.2, 0) is 0 Å². The number of nitrogens with two attached hydrogens (primary N) is 1. The number of benzene rings is 1. The third-order valence-electron chi connectivity index (χ3n) is 2.52. The maximum Gasteiger partial charge on any atom is 0.0417 e. The van der Waals surface area contributed by atoms with Gasteiger partial charge in [-0.2, -0.15) is 0 Å². The topological polar surface area (TPSA) is 26.0 Å². The minimum Gasteiger partial charge on any atom is -0.328 e. The fourth-order valence-corrected chi connectivity index (χ4v) is 3.40. The van der Waals surface area contributed by atoms with Crippen LogP contribution in [-0.4, -0.2) is 11.3 Å². The second kappa shape index (κ2) is 4.56. The van der Waals surface area contributed by atoms with E-state index in [9.17, 15) is 0 Å². The second-order valence-corrected chi connectivity index (χ2v) is 5.58. The molecule has 3 heteroatoms. The summed E-state index contributed by atoms with van der Waals surface area (Å²) in [7, 11) is 0. The van der Waals surface area contributed by atoms with Crippen molar-refractivity contribution in [2.24, 2.45) is 5.73 Å². The van der Waals surface area contributed by atoms with Crippen LogP contribution < -0.4 is 5.73 Å². The van der Waals surface area contributed by atoms with Crippen LogP contribution in [0.2, 0.25) is 5.02 Å². The van der Waals surface area contributed by atoms with E-state index in [2.05, 4.69) is 6.07 Å². The summed E-state index contributed by atoms with van der Waals surface area (Å²) in [5.41, 5.74) is 5.87. The second-order valence-electron chi connectivity index (χ2n) is 3.77. The van der Waals surface area contributed by atoms with Gasteiger partial charge in [0.05, 0.1) is 0 Å². The molecule has 1 nitrogen and oxygen atoms in total. The first kappa shape index (κ1) is 10.3. The van der Waals surface area contributed by atoms with Crippen LogP contribution in [0.3, 0.4) is 0 Å². The number of hydrogen-bond donors (Lipinski definition) is 1. The Morgan fingerprint density at radius 2 is 2.21 bits per heavy atom. The monoisotopic (exact) mass is 227 g/mol. The molecule has 1 saturated carbocycles. The Morgan fingerprint density at radius 1 is 1.36 bits per heavy atom. The molecule has 1 fully saturated rings. The summed E-state index contributed by atoms with van der Waals surface area (Å²) in [6, 6.07) is 8.45. The average Bonchev–Trinajstić information content (AvgIpc) is 2.51. The van der Waals surface area contributed by atoms with Crippen LogP contribution in [0.5, 0.6) is 0 Å². The molecule has 2 rings (SSSR count).